The van der Waals surface area contributed by atoms with Gasteiger partial charge in [0.25, 0.3) is 0 Å². The number of methoxy groups -OCH3 is 2. The van der Waals surface area contributed by atoms with E-state index in [0.717, 1.165) is 0 Å². The van der Waals surface area contributed by atoms with Crippen molar-refractivity contribution in [3.8, 4) is 0 Å². The van der Waals surface area contributed by atoms with Gasteiger partial charge in [-0.25, -0.2) is 9.59 Å². The summed E-state index contributed by atoms with van der Waals surface area (Å²) in [5.41, 5.74) is 0.806. The first-order valence-corrected chi connectivity index (χ1v) is 4.01. The molecular weight excluding hydrogens is 186 g/mol. The lowest BCUT2D eigenvalue weighted by Crippen LogP contribution is -2.22. The molecule has 5 heteroatoms. The van der Waals surface area contributed by atoms with Gasteiger partial charge in [0.05, 0.1) is 19.8 Å². The van der Waals surface area contributed by atoms with E-state index >= 15 is 0 Å². The van der Waals surface area contributed by atoms with Crippen LogP contribution in [0.15, 0.2) is 23.5 Å². The molecule has 0 atom stereocenters. The van der Waals surface area contributed by atoms with Crippen molar-refractivity contribution in [2.75, 3.05) is 14.2 Å². The van der Waals surface area contributed by atoms with Crippen LogP contribution in [0.25, 0.3) is 0 Å². The highest BCUT2D eigenvalue weighted by Gasteiger charge is 2.16. The molecule has 0 fully saturated rings. The summed E-state index contributed by atoms with van der Waals surface area (Å²) in [4.78, 5) is 22.1. The molecule has 1 aliphatic heterocycles. The van der Waals surface area contributed by atoms with Gasteiger partial charge in [0.1, 0.15) is 5.70 Å². The third-order valence-corrected chi connectivity index (χ3v) is 1.78. The largest absolute Gasteiger partial charge is 0.466 e. The number of hydrogen-bond donors (Lipinski definition) is 1. The Hall–Kier alpha value is -1.78. The summed E-state index contributed by atoms with van der Waals surface area (Å²) in [6.07, 6.45) is 3.39. The van der Waals surface area contributed by atoms with Crippen LogP contribution in [0.1, 0.15) is 6.42 Å². The van der Waals surface area contributed by atoms with E-state index in [-0.39, 0.29) is 0 Å². The van der Waals surface area contributed by atoms with Crippen molar-refractivity contribution >= 4 is 11.9 Å². The Balaban J connectivity index is 2.61. The van der Waals surface area contributed by atoms with Crippen molar-refractivity contribution in [2.45, 2.75) is 6.42 Å². The van der Waals surface area contributed by atoms with Crippen LogP contribution in [0.3, 0.4) is 0 Å². The highest BCUT2D eigenvalue weighted by atomic mass is 16.5. The van der Waals surface area contributed by atoms with E-state index in [1.54, 1.807) is 6.08 Å². The second-order valence-corrected chi connectivity index (χ2v) is 2.62. The number of carbonyl (C=O) groups excluding carboxylic acids is 2. The van der Waals surface area contributed by atoms with Crippen molar-refractivity contribution < 1.29 is 19.1 Å². The molecule has 0 saturated heterocycles. The molecule has 1 aliphatic rings. The topological polar surface area (TPSA) is 64.6 Å². The minimum atomic E-state index is -0.454. The maximum Gasteiger partial charge on any atom is 0.354 e. The van der Waals surface area contributed by atoms with Gasteiger partial charge in [-0.15, -0.1) is 0 Å². The summed E-state index contributed by atoms with van der Waals surface area (Å²) in [5, 5.41) is 2.66. The monoisotopic (exact) mass is 197 g/mol. The van der Waals surface area contributed by atoms with Crippen LogP contribution >= 0.6 is 0 Å². The van der Waals surface area contributed by atoms with Crippen LogP contribution in [0.4, 0.5) is 0 Å². The maximum atomic E-state index is 11.0. The molecule has 0 bridgehead atoms. The van der Waals surface area contributed by atoms with Crippen LogP contribution in [0, 0.1) is 0 Å². The SMILES string of the molecule is COC(=O)C1=CNC(C(=O)OC)=CC1. The molecule has 0 aromatic rings. The summed E-state index contributed by atoms with van der Waals surface area (Å²) in [7, 11) is 2.60. The maximum absolute atomic E-state index is 11.0. The Kier molecular flexibility index (Phi) is 3.28. The van der Waals surface area contributed by atoms with E-state index in [1.165, 1.54) is 20.4 Å². The average molecular weight is 197 g/mol. The third-order valence-electron chi connectivity index (χ3n) is 1.78. The first-order chi connectivity index (χ1) is 6.69. The molecule has 76 valence electrons. The van der Waals surface area contributed by atoms with E-state index in [9.17, 15) is 9.59 Å². The normalized spacial score (nSPS) is 14.7. The molecule has 0 saturated carbocycles. The van der Waals surface area contributed by atoms with Crippen molar-refractivity contribution in [1.82, 2.24) is 5.32 Å². The van der Waals surface area contributed by atoms with Crippen LogP contribution in [0.5, 0.6) is 0 Å². The zero-order chi connectivity index (χ0) is 10.6. The number of esters is 2. The van der Waals surface area contributed by atoms with E-state index < -0.39 is 11.9 Å². The highest BCUT2D eigenvalue weighted by Crippen LogP contribution is 2.11. The standard InChI is InChI=1S/C9H11NO4/c1-13-8(11)6-3-4-7(10-5-6)9(12)14-2/h4-5,10H,3H2,1-2H3. The fraction of sp³-hybridized carbons (Fsp3) is 0.333. The zero-order valence-electron chi connectivity index (χ0n) is 7.99. The van der Waals surface area contributed by atoms with Gasteiger partial charge in [-0.2, -0.15) is 0 Å². The van der Waals surface area contributed by atoms with Crippen LogP contribution in [-0.4, -0.2) is 26.2 Å². The quantitative estimate of drug-likeness (QED) is 0.636. The van der Waals surface area contributed by atoms with Crippen molar-refractivity contribution in [3.63, 3.8) is 0 Å². The van der Waals surface area contributed by atoms with Gasteiger partial charge < -0.3 is 14.8 Å². The first kappa shape index (κ1) is 10.3. The number of carbonyl (C=O) groups is 2. The van der Waals surface area contributed by atoms with Crippen molar-refractivity contribution in [2.24, 2.45) is 0 Å². The Morgan fingerprint density at radius 3 is 2.36 bits per heavy atom. The number of dihydropyridines is 1. The number of nitrogens with one attached hydrogen (secondary N) is 1. The first-order valence-electron chi connectivity index (χ1n) is 4.01. The second kappa shape index (κ2) is 4.45. The van der Waals surface area contributed by atoms with Crippen LogP contribution in [0.2, 0.25) is 0 Å². The Labute approximate surface area is 81.4 Å². The predicted octanol–water partition coefficient (Wildman–Crippen LogP) is 0.0935. The van der Waals surface area contributed by atoms with Gasteiger partial charge in [-0.05, 0) is 6.08 Å². The number of ether oxygens (including phenoxy) is 2. The molecule has 1 rings (SSSR count). The summed E-state index contributed by atoms with van der Waals surface area (Å²) < 4.78 is 9.02. The Bertz CT molecular complexity index is 285. The number of hydrogen-bond acceptors (Lipinski definition) is 5. The zero-order valence-corrected chi connectivity index (χ0v) is 7.99. The fourth-order valence-corrected chi connectivity index (χ4v) is 1.02. The van der Waals surface area contributed by atoms with E-state index in [0.29, 0.717) is 17.7 Å². The van der Waals surface area contributed by atoms with Crippen molar-refractivity contribution in [1.29, 1.82) is 0 Å². The minimum Gasteiger partial charge on any atom is -0.466 e. The van der Waals surface area contributed by atoms with Crippen molar-refractivity contribution in [3.05, 3.63) is 23.5 Å². The van der Waals surface area contributed by atoms with Gasteiger partial charge >= 0.3 is 11.9 Å². The molecule has 0 amide bonds. The summed E-state index contributed by atoms with van der Waals surface area (Å²) in [5.74, 6) is -0.858. The summed E-state index contributed by atoms with van der Waals surface area (Å²) in [6, 6.07) is 0. The molecule has 0 spiro atoms. The molecule has 0 aliphatic carbocycles. The van der Waals surface area contributed by atoms with E-state index in [4.69, 9.17) is 0 Å². The van der Waals surface area contributed by atoms with E-state index in [1.807, 2.05) is 0 Å². The molecule has 1 heterocycles. The number of allylic oxidation sites excluding steroid dienone is 1. The van der Waals surface area contributed by atoms with Crippen LogP contribution in [-0.2, 0) is 19.1 Å². The number of rotatable bonds is 2. The molecule has 0 unspecified atom stereocenters. The second-order valence-electron chi connectivity index (χ2n) is 2.62. The average Bonchev–Trinajstić information content (AvgIpc) is 2.27. The minimum absolute atomic E-state index is 0.333. The predicted molar refractivity (Wildman–Crippen MR) is 48.0 cm³/mol. The molecule has 1 N–H and O–H groups in total. The van der Waals surface area contributed by atoms with Gasteiger partial charge in [0, 0.05) is 12.6 Å². The summed E-state index contributed by atoms with van der Waals surface area (Å²) >= 11 is 0. The Morgan fingerprint density at radius 1 is 1.29 bits per heavy atom. The lowest BCUT2D eigenvalue weighted by molar-refractivity contribution is -0.137. The van der Waals surface area contributed by atoms with Gasteiger partial charge in [0.2, 0.25) is 0 Å². The lowest BCUT2D eigenvalue weighted by atomic mass is 10.1. The van der Waals surface area contributed by atoms with Crippen LogP contribution < -0.4 is 5.32 Å². The molecule has 0 radical (unpaired) electrons. The van der Waals surface area contributed by atoms with Gasteiger partial charge in [-0.3, -0.25) is 0 Å². The smallest absolute Gasteiger partial charge is 0.354 e. The molecule has 0 aromatic carbocycles. The lowest BCUT2D eigenvalue weighted by Gasteiger charge is -2.12. The van der Waals surface area contributed by atoms with Gasteiger partial charge in [0.15, 0.2) is 0 Å². The molecule has 0 aromatic heterocycles. The third kappa shape index (κ3) is 2.12. The fourth-order valence-electron chi connectivity index (χ4n) is 1.02. The molecule has 5 nitrogen and oxygen atoms in total. The molecular formula is C9H11NO4. The Morgan fingerprint density at radius 2 is 1.93 bits per heavy atom. The van der Waals surface area contributed by atoms with E-state index in [2.05, 4.69) is 14.8 Å². The highest BCUT2D eigenvalue weighted by molar-refractivity contribution is 5.92. The molecule has 14 heavy (non-hydrogen) atoms. The summed E-state index contributed by atoms with van der Waals surface area (Å²) in [6.45, 7) is 0. The van der Waals surface area contributed by atoms with Gasteiger partial charge in [-0.1, -0.05) is 0 Å².